The second-order valence-corrected chi connectivity index (χ2v) is 25.3. The van der Waals surface area contributed by atoms with Crippen molar-refractivity contribution in [3.63, 3.8) is 0 Å². The Hall–Kier alpha value is -11.3. The smallest absolute Gasteiger partial charge is 0.164 e. The molecule has 0 aliphatic rings. The number of rotatable bonds is 9. The quantitative estimate of drug-likeness (QED) is 0.143. The van der Waals surface area contributed by atoms with E-state index in [0.29, 0.717) is 40.9 Å². The van der Waals surface area contributed by atoms with Crippen LogP contribution in [0.3, 0.4) is 0 Å². The van der Waals surface area contributed by atoms with E-state index in [9.17, 15) is 0 Å². The maximum Gasteiger partial charge on any atom is 0.164 e. The van der Waals surface area contributed by atoms with E-state index in [1.807, 2.05) is 144 Å². The predicted molar refractivity (Wildman–Crippen MR) is 381 cm³/mol. The first-order valence-corrected chi connectivity index (χ1v) is 32.2. The van der Waals surface area contributed by atoms with Crippen LogP contribution < -0.4 is 0 Å². The molecular weight excluding hydrogens is 1150 g/mol. The van der Waals surface area contributed by atoms with E-state index in [-0.39, 0.29) is 0 Å². The van der Waals surface area contributed by atoms with Crippen LogP contribution in [0.2, 0.25) is 0 Å². The fourth-order valence-corrected chi connectivity index (χ4v) is 15.5. The molecule has 6 aromatic heterocycles. The molecule has 0 N–H and O–H groups in total. The van der Waals surface area contributed by atoms with Gasteiger partial charge in [0.15, 0.2) is 34.9 Å². The van der Waals surface area contributed by atoms with Crippen molar-refractivity contribution in [3.05, 3.63) is 291 Å². The summed E-state index contributed by atoms with van der Waals surface area (Å²) in [7, 11) is 0. The molecule has 0 bridgehead atoms. The fourth-order valence-electron chi connectivity index (χ4n) is 12.9. The molecule has 91 heavy (non-hydrogen) atoms. The maximum atomic E-state index is 4.95. The normalized spacial score (nSPS) is 11.7. The second-order valence-electron chi connectivity index (χ2n) is 23.2. The molecule has 0 atom stereocenters. The van der Waals surface area contributed by atoms with Crippen LogP contribution in [0.25, 0.3) is 164 Å². The van der Waals surface area contributed by atoms with Crippen molar-refractivity contribution in [2.45, 2.75) is 19.8 Å². The van der Waals surface area contributed by atoms with Crippen LogP contribution in [-0.4, -0.2) is 39.0 Å². The first kappa shape index (κ1) is 53.9. The van der Waals surface area contributed by atoms with E-state index in [0.717, 1.165) is 44.8 Å². The van der Waals surface area contributed by atoms with Crippen LogP contribution in [0.4, 0.5) is 0 Å². The van der Waals surface area contributed by atoms with Crippen molar-refractivity contribution in [1.29, 1.82) is 0 Å². The number of para-hydroxylation sites is 2. The summed E-state index contributed by atoms with van der Waals surface area (Å²) in [4.78, 5) is 29.5. The Balaban J connectivity index is 0.000000140. The first-order chi connectivity index (χ1) is 44.9. The molecule has 0 saturated heterocycles. The number of thiophene rings is 2. The largest absolute Gasteiger partial charge is 0.309 e. The Bertz CT molecular complexity index is 5660. The monoisotopic (exact) mass is 1200 g/mol. The SMILES string of the molecule is CC(C)c1cccc2c1sc1c2ccc2c3ccccc3n(-c3ccc(-c4nc(-c5ccccc5)nc(-c5ccccc5)n4)cc3)c21.c1ccc(-c2nc(-c3ccccc3)nc(-c3ccc(-n4c5ccccc5c5cc6sc7ccccc7c6cc54)cc3)n2)cc1. The lowest BCUT2D eigenvalue weighted by Gasteiger charge is -2.11. The third-order valence-corrected chi connectivity index (χ3v) is 19.7. The Morgan fingerprint density at radius 1 is 0.264 bits per heavy atom. The van der Waals surface area contributed by atoms with E-state index in [2.05, 4.69) is 187 Å². The number of nitrogens with zero attached hydrogens (tertiary/aromatic N) is 8. The van der Waals surface area contributed by atoms with Crippen molar-refractivity contribution in [1.82, 2.24) is 39.0 Å². The summed E-state index contributed by atoms with van der Waals surface area (Å²) in [5.74, 6) is 4.40. The van der Waals surface area contributed by atoms with Gasteiger partial charge in [-0.15, -0.1) is 22.7 Å². The van der Waals surface area contributed by atoms with E-state index in [4.69, 9.17) is 29.9 Å². The molecule has 0 saturated carbocycles. The molecule has 0 spiro atoms. The van der Waals surface area contributed by atoms with Gasteiger partial charge in [0.1, 0.15) is 0 Å². The first-order valence-electron chi connectivity index (χ1n) is 30.6. The van der Waals surface area contributed by atoms with E-state index >= 15 is 0 Å². The van der Waals surface area contributed by atoms with Gasteiger partial charge in [-0.3, -0.25) is 0 Å². The second kappa shape index (κ2) is 22.4. The number of benzene rings is 12. The molecule has 0 fully saturated rings. The molecule has 18 aromatic rings. The van der Waals surface area contributed by atoms with Crippen molar-refractivity contribution in [3.8, 4) is 79.7 Å². The van der Waals surface area contributed by atoms with Gasteiger partial charge in [-0.05, 0) is 90.3 Å². The van der Waals surface area contributed by atoms with Crippen LogP contribution in [-0.2, 0) is 0 Å². The highest BCUT2D eigenvalue weighted by atomic mass is 32.1. The maximum absolute atomic E-state index is 4.95. The zero-order chi connectivity index (χ0) is 60.5. The highest BCUT2D eigenvalue weighted by molar-refractivity contribution is 7.27. The van der Waals surface area contributed by atoms with E-state index < -0.39 is 0 Å². The van der Waals surface area contributed by atoms with Gasteiger partial charge in [0.05, 0.1) is 26.8 Å². The number of aromatic nitrogens is 8. The molecule has 8 nitrogen and oxygen atoms in total. The van der Waals surface area contributed by atoms with Gasteiger partial charge in [-0.2, -0.15) is 0 Å². The van der Waals surface area contributed by atoms with Crippen LogP contribution >= 0.6 is 22.7 Å². The predicted octanol–water partition coefficient (Wildman–Crippen LogP) is 21.8. The minimum absolute atomic E-state index is 0.459. The molecule has 430 valence electrons. The third kappa shape index (κ3) is 9.51. The molecule has 6 heterocycles. The van der Waals surface area contributed by atoms with Crippen molar-refractivity contribution < 1.29 is 0 Å². The minimum atomic E-state index is 0.459. The summed E-state index contributed by atoms with van der Waals surface area (Å²) in [5.41, 5.74) is 14.2. The molecule has 0 amide bonds. The summed E-state index contributed by atoms with van der Waals surface area (Å²) >= 11 is 3.78. The van der Waals surface area contributed by atoms with Crippen LogP contribution in [0, 0.1) is 0 Å². The van der Waals surface area contributed by atoms with Crippen LogP contribution in [0.1, 0.15) is 25.3 Å². The van der Waals surface area contributed by atoms with Gasteiger partial charge in [0, 0.05) is 102 Å². The lowest BCUT2D eigenvalue weighted by atomic mass is 10.0. The van der Waals surface area contributed by atoms with Crippen molar-refractivity contribution in [2.24, 2.45) is 0 Å². The molecule has 10 heteroatoms. The number of hydrogen-bond acceptors (Lipinski definition) is 8. The molecule has 12 aromatic carbocycles. The standard InChI is InChI=1S/C42H30N4S.C39H24N4S/c1-26(2)31-17-11-18-34-35-25-24-33-32-16-9-10-19-36(32)46(37(33)39(35)47-38(31)34)30-22-20-29(21-23-30)42-44-40(27-12-5-3-6-13-27)43-41(45-42)28-14-7-4-8-15-28;1-3-11-25(12-4-1)37-40-38(26-13-5-2-6-14-26)42-39(41-37)27-19-21-28(22-20-27)43-33-17-9-7-15-29(33)31-24-36-32(23-34(31)43)30-16-8-10-18-35(30)44-36/h3-26H,1-2H3;1-24H. The molecule has 0 radical (unpaired) electrons. The summed E-state index contributed by atoms with van der Waals surface area (Å²) in [6.45, 7) is 4.57. The molecule has 18 rings (SSSR count). The minimum Gasteiger partial charge on any atom is -0.309 e. The zero-order valence-electron chi connectivity index (χ0n) is 49.6. The van der Waals surface area contributed by atoms with Gasteiger partial charge in [-0.25, -0.2) is 29.9 Å². The van der Waals surface area contributed by atoms with Crippen LogP contribution in [0.15, 0.2) is 285 Å². The molecule has 0 aliphatic carbocycles. The summed E-state index contributed by atoms with van der Waals surface area (Å²) in [6, 6.07) is 99.8. The summed E-state index contributed by atoms with van der Waals surface area (Å²) < 4.78 is 10.1. The van der Waals surface area contributed by atoms with Gasteiger partial charge in [-0.1, -0.05) is 220 Å². The molecular formula is C81H54N8S2. The highest BCUT2D eigenvalue weighted by Gasteiger charge is 2.22. The van der Waals surface area contributed by atoms with Gasteiger partial charge >= 0.3 is 0 Å². The highest BCUT2D eigenvalue weighted by Crippen LogP contribution is 2.46. The zero-order valence-corrected chi connectivity index (χ0v) is 51.2. The number of hydrogen-bond donors (Lipinski definition) is 0. The average molecular weight is 1200 g/mol. The van der Waals surface area contributed by atoms with Crippen molar-refractivity contribution >= 4 is 107 Å². The Labute approximate surface area is 532 Å². The van der Waals surface area contributed by atoms with Crippen LogP contribution in [0.5, 0.6) is 0 Å². The average Bonchev–Trinajstić information content (AvgIpc) is 1.59. The molecule has 0 unspecified atom stereocenters. The Morgan fingerprint density at radius 3 is 1.16 bits per heavy atom. The molecule has 0 aliphatic heterocycles. The van der Waals surface area contributed by atoms with Gasteiger partial charge in [0.2, 0.25) is 0 Å². The number of fused-ring (bicyclic) bond motifs is 13. The third-order valence-electron chi connectivity index (χ3n) is 17.3. The van der Waals surface area contributed by atoms with Gasteiger partial charge in [0.25, 0.3) is 0 Å². The van der Waals surface area contributed by atoms with Gasteiger partial charge < -0.3 is 9.13 Å². The van der Waals surface area contributed by atoms with Crippen molar-refractivity contribution in [2.75, 3.05) is 0 Å². The summed E-state index contributed by atoms with van der Waals surface area (Å²) in [6.07, 6.45) is 0. The Kier molecular flexibility index (Phi) is 13.3. The van der Waals surface area contributed by atoms with E-state index in [1.54, 1.807) is 0 Å². The topological polar surface area (TPSA) is 87.2 Å². The van der Waals surface area contributed by atoms with E-state index in [1.165, 1.54) is 89.5 Å². The summed E-state index contributed by atoms with van der Waals surface area (Å²) in [5, 5.41) is 10.3. The Morgan fingerprint density at radius 2 is 0.659 bits per heavy atom. The lowest BCUT2D eigenvalue weighted by Crippen LogP contribution is -2.00. The lowest BCUT2D eigenvalue weighted by molar-refractivity contribution is 0.878. The fraction of sp³-hybridized carbons (Fsp3) is 0.0370.